The van der Waals surface area contributed by atoms with Gasteiger partial charge in [-0.2, -0.15) is 0 Å². The molecule has 3 aliphatic carbocycles. The Balaban J connectivity index is 1.36. The van der Waals surface area contributed by atoms with Gasteiger partial charge in [-0.05, 0) is 67.6 Å². The van der Waals surface area contributed by atoms with Crippen molar-refractivity contribution in [2.75, 3.05) is 6.54 Å². The number of carbonyl (C=O) groups excluding carboxylic acids is 1. The summed E-state index contributed by atoms with van der Waals surface area (Å²) in [6.45, 7) is 1.82. The van der Waals surface area contributed by atoms with Crippen LogP contribution in [-0.2, 0) is 10.4 Å². The van der Waals surface area contributed by atoms with Crippen molar-refractivity contribution >= 4 is 5.91 Å². The van der Waals surface area contributed by atoms with Gasteiger partial charge in [0.1, 0.15) is 11.4 Å². The normalized spacial score (nSPS) is 37.5. The fourth-order valence-corrected chi connectivity index (χ4v) is 4.96. The lowest BCUT2D eigenvalue weighted by Gasteiger charge is -2.24. The van der Waals surface area contributed by atoms with E-state index in [1.54, 1.807) is 19.1 Å². The fraction of sp³-hybridized carbons (Fsp3) is 0.611. The van der Waals surface area contributed by atoms with Crippen LogP contribution in [0.1, 0.15) is 31.7 Å². The smallest absolute Gasteiger partial charge is 0.223 e. The average Bonchev–Trinajstić information content (AvgIpc) is 2.93. The van der Waals surface area contributed by atoms with E-state index in [9.17, 15) is 14.3 Å². The Morgan fingerprint density at radius 1 is 1.27 bits per heavy atom. The van der Waals surface area contributed by atoms with Crippen LogP contribution >= 0.6 is 0 Å². The van der Waals surface area contributed by atoms with E-state index in [-0.39, 0.29) is 24.2 Å². The van der Waals surface area contributed by atoms with Crippen molar-refractivity contribution in [3.05, 3.63) is 35.6 Å². The SMILES string of the molecule is CC(O)(CNC(=O)C1C2C3CCC(C3)C12)c1ccc(F)cc1. The molecule has 5 atom stereocenters. The van der Waals surface area contributed by atoms with Crippen LogP contribution < -0.4 is 5.32 Å². The predicted octanol–water partition coefficient (Wildman–Crippen LogP) is 2.44. The van der Waals surface area contributed by atoms with Crippen LogP contribution in [0.3, 0.4) is 0 Å². The maximum absolute atomic E-state index is 13.0. The lowest BCUT2D eigenvalue weighted by molar-refractivity contribution is -0.124. The Morgan fingerprint density at radius 3 is 2.45 bits per heavy atom. The maximum atomic E-state index is 13.0. The zero-order valence-corrected chi connectivity index (χ0v) is 12.8. The first-order valence-electron chi connectivity index (χ1n) is 8.23. The molecule has 0 spiro atoms. The van der Waals surface area contributed by atoms with E-state index in [1.807, 2.05) is 0 Å². The highest BCUT2D eigenvalue weighted by atomic mass is 19.1. The van der Waals surface area contributed by atoms with Gasteiger partial charge in [0.05, 0.1) is 6.54 Å². The van der Waals surface area contributed by atoms with Gasteiger partial charge in [0.25, 0.3) is 0 Å². The standard InChI is InChI=1S/C18H22FNO2/c1-18(22,12-4-6-13(19)7-5-12)9-20-17(21)16-14-10-2-3-11(8-10)15(14)16/h4-7,10-11,14-16,22H,2-3,8-9H2,1H3,(H,20,21). The molecule has 22 heavy (non-hydrogen) atoms. The number of hydrogen-bond donors (Lipinski definition) is 2. The summed E-state index contributed by atoms with van der Waals surface area (Å²) in [4.78, 5) is 12.4. The Hall–Kier alpha value is -1.42. The molecule has 2 bridgehead atoms. The molecule has 3 fully saturated rings. The zero-order valence-electron chi connectivity index (χ0n) is 12.8. The summed E-state index contributed by atoms with van der Waals surface area (Å²) < 4.78 is 13.0. The third-order valence-electron chi connectivity index (χ3n) is 6.11. The predicted molar refractivity (Wildman–Crippen MR) is 80.3 cm³/mol. The largest absolute Gasteiger partial charge is 0.384 e. The number of fused-ring (bicyclic) bond motifs is 5. The van der Waals surface area contributed by atoms with Crippen LogP contribution in [-0.4, -0.2) is 17.6 Å². The number of benzene rings is 1. The molecule has 2 N–H and O–H groups in total. The number of carbonyl (C=O) groups is 1. The van der Waals surface area contributed by atoms with Crippen molar-refractivity contribution in [3.8, 4) is 0 Å². The summed E-state index contributed by atoms with van der Waals surface area (Å²) in [5.74, 6) is 2.69. The number of amides is 1. The fourth-order valence-electron chi connectivity index (χ4n) is 4.96. The second kappa shape index (κ2) is 4.79. The van der Waals surface area contributed by atoms with E-state index in [2.05, 4.69) is 5.32 Å². The zero-order chi connectivity index (χ0) is 15.5. The molecule has 0 saturated heterocycles. The van der Waals surface area contributed by atoms with Gasteiger partial charge in [0, 0.05) is 5.92 Å². The summed E-state index contributed by atoms with van der Waals surface area (Å²) in [5.41, 5.74) is -0.558. The summed E-state index contributed by atoms with van der Waals surface area (Å²) in [5, 5.41) is 13.4. The molecule has 1 amide bonds. The minimum Gasteiger partial charge on any atom is -0.384 e. The molecule has 5 unspecified atom stereocenters. The molecule has 0 aliphatic heterocycles. The van der Waals surface area contributed by atoms with Gasteiger partial charge in [-0.25, -0.2) is 4.39 Å². The van der Waals surface area contributed by atoms with Gasteiger partial charge in [-0.1, -0.05) is 12.1 Å². The molecule has 3 nitrogen and oxygen atoms in total. The van der Waals surface area contributed by atoms with Gasteiger partial charge in [-0.15, -0.1) is 0 Å². The molecular weight excluding hydrogens is 281 g/mol. The number of nitrogens with one attached hydrogen (secondary N) is 1. The van der Waals surface area contributed by atoms with Crippen molar-refractivity contribution in [2.24, 2.45) is 29.6 Å². The Bertz CT molecular complexity index is 582. The third-order valence-corrected chi connectivity index (χ3v) is 6.11. The molecule has 1 aromatic rings. The molecule has 3 saturated carbocycles. The van der Waals surface area contributed by atoms with E-state index < -0.39 is 5.60 Å². The van der Waals surface area contributed by atoms with Crippen LogP contribution in [0.5, 0.6) is 0 Å². The lowest BCUT2D eigenvalue weighted by Crippen LogP contribution is -2.40. The van der Waals surface area contributed by atoms with Gasteiger partial charge in [-0.3, -0.25) is 4.79 Å². The van der Waals surface area contributed by atoms with Gasteiger partial charge < -0.3 is 10.4 Å². The van der Waals surface area contributed by atoms with E-state index in [1.165, 1.54) is 31.4 Å². The van der Waals surface area contributed by atoms with Crippen molar-refractivity contribution in [2.45, 2.75) is 31.8 Å². The quantitative estimate of drug-likeness (QED) is 0.897. The van der Waals surface area contributed by atoms with Crippen LogP contribution in [0.4, 0.5) is 4.39 Å². The molecule has 0 radical (unpaired) electrons. The van der Waals surface area contributed by atoms with E-state index in [4.69, 9.17) is 0 Å². The van der Waals surface area contributed by atoms with Crippen molar-refractivity contribution < 1.29 is 14.3 Å². The molecule has 1 aromatic carbocycles. The van der Waals surface area contributed by atoms with Crippen molar-refractivity contribution in [1.82, 2.24) is 5.32 Å². The van der Waals surface area contributed by atoms with Crippen molar-refractivity contribution in [1.29, 1.82) is 0 Å². The second-order valence-electron chi connectivity index (χ2n) is 7.51. The number of rotatable bonds is 4. The van der Waals surface area contributed by atoms with E-state index >= 15 is 0 Å². The first-order valence-corrected chi connectivity index (χ1v) is 8.23. The van der Waals surface area contributed by atoms with Gasteiger partial charge >= 0.3 is 0 Å². The van der Waals surface area contributed by atoms with Crippen molar-refractivity contribution in [3.63, 3.8) is 0 Å². The summed E-state index contributed by atoms with van der Waals surface area (Å²) in [6, 6.07) is 5.78. The third kappa shape index (κ3) is 2.16. The van der Waals surface area contributed by atoms with Gasteiger partial charge in [0.2, 0.25) is 5.91 Å². The molecule has 0 heterocycles. The first kappa shape index (κ1) is 14.2. The highest BCUT2D eigenvalue weighted by Crippen LogP contribution is 2.69. The maximum Gasteiger partial charge on any atom is 0.223 e. The highest BCUT2D eigenvalue weighted by Gasteiger charge is 2.67. The topological polar surface area (TPSA) is 49.3 Å². The Labute approximate surface area is 129 Å². The monoisotopic (exact) mass is 303 g/mol. The average molecular weight is 303 g/mol. The summed E-state index contributed by atoms with van der Waals surface area (Å²) >= 11 is 0. The minimum atomic E-state index is -1.17. The summed E-state index contributed by atoms with van der Waals surface area (Å²) in [7, 11) is 0. The molecule has 4 rings (SSSR count). The second-order valence-corrected chi connectivity index (χ2v) is 7.51. The number of halogens is 1. The number of hydrogen-bond acceptors (Lipinski definition) is 2. The van der Waals surface area contributed by atoms with Crippen LogP contribution in [0, 0.1) is 35.4 Å². The molecule has 3 aliphatic rings. The minimum absolute atomic E-state index is 0.0917. The Kier molecular flexibility index (Phi) is 3.09. The summed E-state index contributed by atoms with van der Waals surface area (Å²) in [6.07, 6.45) is 3.91. The lowest BCUT2D eigenvalue weighted by atomic mass is 9.95. The molecular formula is C18H22FNO2. The highest BCUT2D eigenvalue weighted by molar-refractivity contribution is 5.82. The molecule has 0 aromatic heterocycles. The van der Waals surface area contributed by atoms with Crippen LogP contribution in [0.2, 0.25) is 0 Å². The van der Waals surface area contributed by atoms with E-state index in [0.29, 0.717) is 17.4 Å². The number of aliphatic hydroxyl groups is 1. The molecule has 118 valence electrons. The van der Waals surface area contributed by atoms with Gasteiger partial charge in [0.15, 0.2) is 0 Å². The van der Waals surface area contributed by atoms with Crippen LogP contribution in [0.25, 0.3) is 0 Å². The first-order chi connectivity index (χ1) is 10.5. The Morgan fingerprint density at radius 2 is 1.86 bits per heavy atom. The van der Waals surface area contributed by atoms with Crippen LogP contribution in [0.15, 0.2) is 24.3 Å². The molecule has 4 heteroatoms. The van der Waals surface area contributed by atoms with E-state index in [0.717, 1.165) is 11.8 Å².